The van der Waals surface area contributed by atoms with Crippen LogP contribution < -0.4 is 5.32 Å². The molecule has 3 aromatic rings. The summed E-state index contributed by atoms with van der Waals surface area (Å²) < 4.78 is 37.6. The summed E-state index contributed by atoms with van der Waals surface area (Å²) in [6, 6.07) is 12.1. The third kappa shape index (κ3) is 3.27. The van der Waals surface area contributed by atoms with E-state index in [1.807, 2.05) is 31.2 Å². The van der Waals surface area contributed by atoms with Gasteiger partial charge in [0.1, 0.15) is 0 Å². The zero-order valence-corrected chi connectivity index (χ0v) is 12.9. The minimum absolute atomic E-state index is 0.150. The number of para-hydroxylation sites is 1. The molecule has 6 heteroatoms. The topological polar surface area (TPSA) is 44.9 Å². The molecule has 24 heavy (non-hydrogen) atoms. The average molecular weight is 332 g/mol. The Balaban J connectivity index is 1.74. The molecule has 1 aromatic heterocycles. The van der Waals surface area contributed by atoms with E-state index in [0.717, 1.165) is 34.3 Å². The van der Waals surface area contributed by atoms with Crippen LogP contribution in [-0.4, -0.2) is 10.9 Å². The summed E-state index contributed by atoms with van der Waals surface area (Å²) in [6.07, 6.45) is -4.24. The van der Waals surface area contributed by atoms with Gasteiger partial charge in [-0.15, -0.1) is 0 Å². The van der Waals surface area contributed by atoms with Gasteiger partial charge < -0.3 is 10.3 Å². The quantitative estimate of drug-likeness (QED) is 0.719. The second-order valence-electron chi connectivity index (χ2n) is 5.57. The summed E-state index contributed by atoms with van der Waals surface area (Å²) in [5.41, 5.74) is 2.33. The molecule has 0 aliphatic carbocycles. The zero-order valence-electron chi connectivity index (χ0n) is 12.9. The number of rotatable bonds is 3. The van der Waals surface area contributed by atoms with Crippen LogP contribution in [0.25, 0.3) is 10.9 Å². The number of carbonyl (C=O) groups excluding carboxylic acids is 1. The van der Waals surface area contributed by atoms with Gasteiger partial charge in [0.25, 0.3) is 0 Å². The molecule has 124 valence electrons. The molecule has 2 N–H and O–H groups in total. The van der Waals surface area contributed by atoms with Crippen molar-refractivity contribution in [1.82, 2.24) is 4.98 Å². The van der Waals surface area contributed by atoms with Crippen molar-refractivity contribution in [3.05, 3.63) is 65.4 Å². The second-order valence-corrected chi connectivity index (χ2v) is 5.57. The lowest BCUT2D eigenvalue weighted by Crippen LogP contribution is -2.15. The molecule has 0 saturated heterocycles. The lowest BCUT2D eigenvalue weighted by atomic mass is 10.1. The van der Waals surface area contributed by atoms with Crippen LogP contribution in [0.15, 0.2) is 48.5 Å². The van der Waals surface area contributed by atoms with E-state index in [2.05, 4.69) is 10.3 Å². The van der Waals surface area contributed by atoms with E-state index < -0.39 is 11.7 Å². The van der Waals surface area contributed by atoms with Crippen LogP contribution in [0.5, 0.6) is 0 Å². The fourth-order valence-electron chi connectivity index (χ4n) is 2.67. The van der Waals surface area contributed by atoms with E-state index in [0.29, 0.717) is 5.69 Å². The van der Waals surface area contributed by atoms with Gasteiger partial charge in [0, 0.05) is 22.3 Å². The SMILES string of the molecule is Cc1[nH]c2ccccc2c1CC(=O)Nc1ccc(C(F)(F)F)cc1. The number of aromatic nitrogens is 1. The Morgan fingerprint density at radius 2 is 1.75 bits per heavy atom. The molecule has 0 fully saturated rings. The summed E-state index contributed by atoms with van der Waals surface area (Å²) in [7, 11) is 0. The second kappa shape index (κ2) is 6.03. The number of hydrogen-bond acceptors (Lipinski definition) is 1. The minimum Gasteiger partial charge on any atom is -0.358 e. The Hall–Kier alpha value is -2.76. The number of aromatic amines is 1. The molecule has 1 heterocycles. The normalized spacial score (nSPS) is 11.7. The molecule has 0 radical (unpaired) electrons. The van der Waals surface area contributed by atoms with Crippen molar-refractivity contribution < 1.29 is 18.0 Å². The minimum atomic E-state index is -4.39. The monoisotopic (exact) mass is 332 g/mol. The summed E-state index contributed by atoms with van der Waals surface area (Å²) in [5.74, 6) is -0.275. The van der Waals surface area contributed by atoms with Gasteiger partial charge in [0.05, 0.1) is 12.0 Å². The van der Waals surface area contributed by atoms with Crippen LogP contribution in [0.1, 0.15) is 16.8 Å². The van der Waals surface area contributed by atoms with Crippen LogP contribution in [0.4, 0.5) is 18.9 Å². The number of fused-ring (bicyclic) bond motifs is 1. The van der Waals surface area contributed by atoms with Crippen molar-refractivity contribution in [2.45, 2.75) is 19.5 Å². The number of anilines is 1. The third-order valence-electron chi connectivity index (χ3n) is 3.86. The first-order chi connectivity index (χ1) is 11.3. The van der Waals surface area contributed by atoms with Crippen molar-refractivity contribution in [3.8, 4) is 0 Å². The number of benzene rings is 2. The average Bonchev–Trinajstić information content (AvgIpc) is 2.83. The van der Waals surface area contributed by atoms with Gasteiger partial charge in [-0.3, -0.25) is 4.79 Å². The number of H-pyrrole nitrogens is 1. The third-order valence-corrected chi connectivity index (χ3v) is 3.86. The van der Waals surface area contributed by atoms with Gasteiger partial charge in [0.2, 0.25) is 5.91 Å². The Morgan fingerprint density at radius 1 is 1.08 bits per heavy atom. The maximum absolute atomic E-state index is 12.5. The Morgan fingerprint density at radius 3 is 2.42 bits per heavy atom. The molecule has 0 aliphatic rings. The molecule has 0 aliphatic heterocycles. The van der Waals surface area contributed by atoms with Gasteiger partial charge in [-0.1, -0.05) is 18.2 Å². The molecule has 0 atom stereocenters. The summed E-state index contributed by atoms with van der Waals surface area (Å²) in [4.78, 5) is 15.4. The zero-order chi connectivity index (χ0) is 17.3. The first kappa shape index (κ1) is 16.1. The number of nitrogens with one attached hydrogen (secondary N) is 2. The molecule has 0 spiro atoms. The van der Waals surface area contributed by atoms with Gasteiger partial charge >= 0.3 is 6.18 Å². The van der Waals surface area contributed by atoms with E-state index in [9.17, 15) is 18.0 Å². The Labute approximate surface area is 136 Å². The largest absolute Gasteiger partial charge is 0.416 e. The smallest absolute Gasteiger partial charge is 0.358 e. The highest BCUT2D eigenvalue weighted by molar-refractivity contribution is 5.96. The lowest BCUT2D eigenvalue weighted by Gasteiger charge is -2.09. The summed E-state index contributed by atoms with van der Waals surface area (Å²) in [5, 5.41) is 3.60. The predicted octanol–water partition coefficient (Wildman–Crippen LogP) is 4.68. The number of amides is 1. The van der Waals surface area contributed by atoms with Crippen LogP contribution >= 0.6 is 0 Å². The molecule has 0 bridgehead atoms. The molecule has 1 amide bonds. The molecule has 3 rings (SSSR count). The molecule has 3 nitrogen and oxygen atoms in total. The lowest BCUT2D eigenvalue weighted by molar-refractivity contribution is -0.137. The fraction of sp³-hybridized carbons (Fsp3) is 0.167. The summed E-state index contributed by atoms with van der Waals surface area (Å²) >= 11 is 0. The van der Waals surface area contributed by atoms with E-state index in [1.165, 1.54) is 12.1 Å². The van der Waals surface area contributed by atoms with Crippen LogP contribution in [0.3, 0.4) is 0 Å². The van der Waals surface area contributed by atoms with Crippen molar-refractivity contribution >= 4 is 22.5 Å². The number of alkyl halides is 3. The number of halogens is 3. The molecule has 0 saturated carbocycles. The van der Waals surface area contributed by atoms with Crippen LogP contribution in [0, 0.1) is 6.92 Å². The highest BCUT2D eigenvalue weighted by atomic mass is 19.4. The van der Waals surface area contributed by atoms with E-state index >= 15 is 0 Å². The van der Waals surface area contributed by atoms with Gasteiger partial charge in [-0.05, 0) is 42.8 Å². The first-order valence-electron chi connectivity index (χ1n) is 7.38. The fourth-order valence-corrected chi connectivity index (χ4v) is 2.67. The maximum atomic E-state index is 12.5. The Bertz CT molecular complexity index is 879. The Kier molecular flexibility index (Phi) is 4.05. The van der Waals surface area contributed by atoms with E-state index in [-0.39, 0.29) is 12.3 Å². The van der Waals surface area contributed by atoms with Crippen LogP contribution in [0.2, 0.25) is 0 Å². The number of hydrogen-bond donors (Lipinski definition) is 2. The van der Waals surface area contributed by atoms with Crippen molar-refractivity contribution in [3.63, 3.8) is 0 Å². The molecular weight excluding hydrogens is 317 g/mol. The molecule has 2 aromatic carbocycles. The number of aryl methyl sites for hydroxylation is 1. The standard InChI is InChI=1S/C18H15F3N2O/c1-11-15(14-4-2-3-5-16(14)22-11)10-17(24)23-13-8-6-12(7-9-13)18(19,20)21/h2-9,22H,10H2,1H3,(H,23,24). The number of carbonyl (C=O) groups is 1. The van der Waals surface area contributed by atoms with E-state index in [1.54, 1.807) is 0 Å². The van der Waals surface area contributed by atoms with Crippen molar-refractivity contribution in [2.75, 3.05) is 5.32 Å². The summed E-state index contributed by atoms with van der Waals surface area (Å²) in [6.45, 7) is 1.89. The predicted molar refractivity (Wildman–Crippen MR) is 86.8 cm³/mol. The van der Waals surface area contributed by atoms with Crippen molar-refractivity contribution in [1.29, 1.82) is 0 Å². The van der Waals surface area contributed by atoms with Crippen molar-refractivity contribution in [2.24, 2.45) is 0 Å². The maximum Gasteiger partial charge on any atom is 0.416 e. The first-order valence-corrected chi connectivity index (χ1v) is 7.38. The highest BCUT2D eigenvalue weighted by Gasteiger charge is 2.30. The van der Waals surface area contributed by atoms with Gasteiger partial charge in [0.15, 0.2) is 0 Å². The molecular formula is C18H15F3N2O. The van der Waals surface area contributed by atoms with Crippen LogP contribution in [-0.2, 0) is 17.4 Å². The van der Waals surface area contributed by atoms with Gasteiger partial charge in [-0.25, -0.2) is 0 Å². The van der Waals surface area contributed by atoms with E-state index in [4.69, 9.17) is 0 Å². The van der Waals surface area contributed by atoms with Gasteiger partial charge in [-0.2, -0.15) is 13.2 Å². The highest BCUT2D eigenvalue weighted by Crippen LogP contribution is 2.30. The molecule has 0 unspecified atom stereocenters.